The van der Waals surface area contributed by atoms with Crippen LogP contribution in [0.25, 0.3) is 0 Å². The quantitative estimate of drug-likeness (QED) is 0.644. The van der Waals surface area contributed by atoms with Gasteiger partial charge in [0.05, 0.1) is 19.3 Å². The zero-order valence-electron chi connectivity index (χ0n) is 15.2. The maximum atomic E-state index is 12.3. The predicted molar refractivity (Wildman–Crippen MR) is 105 cm³/mol. The average molecular weight is 362 g/mol. The van der Waals surface area contributed by atoms with Crippen LogP contribution in [-0.2, 0) is 13.0 Å². The Kier molecular flexibility index (Phi) is 6.35. The minimum atomic E-state index is -0.225. The van der Waals surface area contributed by atoms with Crippen LogP contribution in [0.2, 0.25) is 0 Å². The van der Waals surface area contributed by atoms with Crippen molar-refractivity contribution < 1.29 is 9.53 Å². The minimum Gasteiger partial charge on any atom is -0.497 e. The minimum absolute atomic E-state index is 0.225. The molecule has 0 aliphatic carbocycles. The smallest absolute Gasteiger partial charge is 0.270 e. The van der Waals surface area contributed by atoms with Gasteiger partial charge in [0.2, 0.25) is 0 Å². The van der Waals surface area contributed by atoms with Gasteiger partial charge in [-0.25, -0.2) is 0 Å². The molecule has 0 fully saturated rings. The Balaban J connectivity index is 1.52. The number of ether oxygens (including phenoxy) is 1. The summed E-state index contributed by atoms with van der Waals surface area (Å²) in [6, 6.07) is 17.2. The summed E-state index contributed by atoms with van der Waals surface area (Å²) in [5, 5.41) is 6.16. The van der Waals surface area contributed by atoms with Crippen LogP contribution in [0.4, 0.5) is 5.69 Å². The number of hydrogen-bond acceptors (Lipinski definition) is 5. The Hall–Kier alpha value is -3.41. The lowest BCUT2D eigenvalue weighted by atomic mass is 10.1. The van der Waals surface area contributed by atoms with Crippen LogP contribution in [0.15, 0.2) is 67.0 Å². The molecule has 6 nitrogen and oxygen atoms in total. The predicted octanol–water partition coefficient (Wildman–Crippen LogP) is 3.07. The van der Waals surface area contributed by atoms with Gasteiger partial charge in [-0.2, -0.15) is 0 Å². The molecule has 0 saturated heterocycles. The van der Waals surface area contributed by atoms with Crippen LogP contribution in [0.5, 0.6) is 5.75 Å². The van der Waals surface area contributed by atoms with Crippen molar-refractivity contribution in [3.63, 3.8) is 0 Å². The lowest BCUT2D eigenvalue weighted by Crippen LogP contribution is -2.24. The molecule has 3 rings (SSSR count). The van der Waals surface area contributed by atoms with Crippen LogP contribution in [0, 0.1) is 0 Å². The van der Waals surface area contributed by atoms with Gasteiger partial charge in [-0.15, -0.1) is 0 Å². The molecule has 2 heterocycles. The molecule has 0 atom stereocenters. The number of pyridine rings is 2. The second-order valence-electron chi connectivity index (χ2n) is 5.96. The van der Waals surface area contributed by atoms with Gasteiger partial charge in [-0.1, -0.05) is 18.2 Å². The maximum absolute atomic E-state index is 12.3. The standard InChI is InChI=1S/C21H22N4O2/c1-27-19-7-4-5-16(13-19)8-11-23-17-9-12-24-20(14-17)21(26)25-15-18-6-2-3-10-22-18/h2-7,9-10,12-14H,8,11,15H2,1H3,(H,23,24)(H,25,26). The Morgan fingerprint density at radius 3 is 2.78 bits per heavy atom. The van der Waals surface area contributed by atoms with Crippen molar-refractivity contribution in [1.82, 2.24) is 15.3 Å². The molecule has 0 saturated carbocycles. The third-order valence-corrected chi connectivity index (χ3v) is 4.03. The number of nitrogens with zero attached hydrogens (tertiary/aromatic N) is 2. The number of anilines is 1. The van der Waals surface area contributed by atoms with Gasteiger partial charge in [0, 0.05) is 24.6 Å². The van der Waals surface area contributed by atoms with Gasteiger partial charge < -0.3 is 15.4 Å². The van der Waals surface area contributed by atoms with E-state index < -0.39 is 0 Å². The Bertz CT molecular complexity index is 884. The van der Waals surface area contributed by atoms with Gasteiger partial charge in [0.25, 0.3) is 5.91 Å². The number of methoxy groups -OCH3 is 1. The van der Waals surface area contributed by atoms with Gasteiger partial charge in [0.1, 0.15) is 11.4 Å². The van der Waals surface area contributed by atoms with Gasteiger partial charge in [0.15, 0.2) is 0 Å². The van der Waals surface area contributed by atoms with E-state index in [1.165, 1.54) is 5.56 Å². The van der Waals surface area contributed by atoms with Crippen LogP contribution in [0.3, 0.4) is 0 Å². The fourth-order valence-electron chi connectivity index (χ4n) is 2.61. The number of aromatic nitrogens is 2. The van der Waals surface area contributed by atoms with Crippen LogP contribution < -0.4 is 15.4 Å². The molecule has 27 heavy (non-hydrogen) atoms. The Morgan fingerprint density at radius 1 is 1.04 bits per heavy atom. The summed E-state index contributed by atoms with van der Waals surface area (Å²) in [6.07, 6.45) is 4.18. The first-order chi connectivity index (χ1) is 13.2. The number of carbonyl (C=O) groups is 1. The fourth-order valence-corrected chi connectivity index (χ4v) is 2.61. The van der Waals surface area contributed by atoms with E-state index in [9.17, 15) is 4.79 Å². The molecule has 0 aliphatic heterocycles. The van der Waals surface area contributed by atoms with E-state index in [0.717, 1.165) is 30.1 Å². The summed E-state index contributed by atoms with van der Waals surface area (Å²) in [7, 11) is 1.66. The Morgan fingerprint density at radius 2 is 1.96 bits per heavy atom. The largest absolute Gasteiger partial charge is 0.497 e. The molecule has 6 heteroatoms. The summed E-state index contributed by atoms with van der Waals surface area (Å²) < 4.78 is 5.24. The third kappa shape index (κ3) is 5.54. The van der Waals surface area contributed by atoms with Crippen molar-refractivity contribution in [3.05, 3.63) is 83.9 Å². The summed E-state index contributed by atoms with van der Waals surface area (Å²) in [6.45, 7) is 1.11. The molecule has 0 aliphatic rings. The normalized spacial score (nSPS) is 10.3. The molecule has 1 aromatic carbocycles. The first-order valence-corrected chi connectivity index (χ1v) is 8.75. The zero-order chi connectivity index (χ0) is 18.9. The molecule has 0 bridgehead atoms. The van der Waals surface area contributed by atoms with Crippen LogP contribution in [0.1, 0.15) is 21.7 Å². The van der Waals surface area contributed by atoms with Crippen molar-refractivity contribution in [2.75, 3.05) is 19.0 Å². The molecular formula is C21H22N4O2. The molecule has 3 aromatic rings. The van der Waals surface area contributed by atoms with Crippen molar-refractivity contribution in [2.45, 2.75) is 13.0 Å². The van der Waals surface area contributed by atoms with Gasteiger partial charge >= 0.3 is 0 Å². The Labute approximate surface area is 158 Å². The summed E-state index contributed by atoms with van der Waals surface area (Å²) in [4.78, 5) is 20.6. The molecule has 0 unspecified atom stereocenters. The van der Waals surface area contributed by atoms with Gasteiger partial charge in [-0.3, -0.25) is 14.8 Å². The highest BCUT2D eigenvalue weighted by Gasteiger charge is 2.08. The molecule has 2 N–H and O–H groups in total. The highest BCUT2D eigenvalue weighted by Crippen LogP contribution is 2.14. The number of rotatable bonds is 8. The summed E-state index contributed by atoms with van der Waals surface area (Å²) in [5.41, 5.74) is 3.22. The van der Waals surface area contributed by atoms with Gasteiger partial charge in [-0.05, 0) is 48.4 Å². The van der Waals surface area contributed by atoms with E-state index in [-0.39, 0.29) is 5.91 Å². The van der Waals surface area contributed by atoms with Crippen LogP contribution >= 0.6 is 0 Å². The monoisotopic (exact) mass is 362 g/mol. The highest BCUT2D eigenvalue weighted by molar-refractivity contribution is 5.93. The average Bonchev–Trinajstić information content (AvgIpc) is 2.73. The molecular weight excluding hydrogens is 340 g/mol. The number of carbonyl (C=O) groups excluding carboxylic acids is 1. The molecule has 138 valence electrons. The van der Waals surface area contributed by atoms with Crippen LogP contribution in [-0.4, -0.2) is 29.5 Å². The van der Waals surface area contributed by atoms with Crippen molar-refractivity contribution in [2.24, 2.45) is 0 Å². The van der Waals surface area contributed by atoms with Crippen molar-refractivity contribution >= 4 is 11.6 Å². The lowest BCUT2D eigenvalue weighted by molar-refractivity contribution is 0.0945. The molecule has 2 aromatic heterocycles. The SMILES string of the molecule is COc1cccc(CCNc2ccnc(C(=O)NCc3ccccn3)c2)c1. The first kappa shape index (κ1) is 18.4. The van der Waals surface area contributed by atoms with Crippen molar-refractivity contribution in [3.8, 4) is 5.75 Å². The molecule has 0 spiro atoms. The van der Waals surface area contributed by atoms with E-state index in [4.69, 9.17) is 4.74 Å². The number of benzene rings is 1. The lowest BCUT2D eigenvalue weighted by Gasteiger charge is -2.09. The molecule has 1 amide bonds. The van der Waals surface area contributed by atoms with E-state index in [0.29, 0.717) is 12.2 Å². The van der Waals surface area contributed by atoms with E-state index in [1.807, 2.05) is 42.5 Å². The highest BCUT2D eigenvalue weighted by atomic mass is 16.5. The maximum Gasteiger partial charge on any atom is 0.270 e. The topological polar surface area (TPSA) is 76.1 Å². The van der Waals surface area contributed by atoms with E-state index in [2.05, 4.69) is 26.7 Å². The summed E-state index contributed by atoms with van der Waals surface area (Å²) in [5.74, 6) is 0.625. The first-order valence-electron chi connectivity index (χ1n) is 8.75. The zero-order valence-corrected chi connectivity index (χ0v) is 15.2. The number of amides is 1. The van der Waals surface area contributed by atoms with E-state index in [1.54, 1.807) is 25.6 Å². The van der Waals surface area contributed by atoms with E-state index >= 15 is 0 Å². The fraction of sp³-hybridized carbons (Fsp3) is 0.190. The second kappa shape index (κ2) is 9.33. The van der Waals surface area contributed by atoms with Crippen molar-refractivity contribution in [1.29, 1.82) is 0 Å². The second-order valence-corrected chi connectivity index (χ2v) is 5.96. The summed E-state index contributed by atoms with van der Waals surface area (Å²) >= 11 is 0. The third-order valence-electron chi connectivity index (χ3n) is 4.03. The number of hydrogen-bond donors (Lipinski definition) is 2. The molecule has 0 radical (unpaired) electrons. The number of nitrogens with one attached hydrogen (secondary N) is 2.